The Morgan fingerprint density at radius 2 is 2.07 bits per heavy atom. The fraction of sp³-hybridized carbons (Fsp3) is 0.900. The summed E-state index contributed by atoms with van der Waals surface area (Å²) in [6.07, 6.45) is 3.77. The van der Waals surface area contributed by atoms with Gasteiger partial charge in [0.05, 0.1) is 13.2 Å². The molecule has 2 heterocycles. The van der Waals surface area contributed by atoms with Crippen molar-refractivity contribution in [2.75, 3.05) is 19.8 Å². The summed E-state index contributed by atoms with van der Waals surface area (Å²) in [5, 5.41) is 3.14. The quantitative estimate of drug-likeness (QED) is 0.656. The zero-order valence-corrected chi connectivity index (χ0v) is 8.33. The average molecular weight is 199 g/mol. The van der Waals surface area contributed by atoms with E-state index in [1.54, 1.807) is 0 Å². The molecule has 1 atom stereocenters. The topological polar surface area (TPSA) is 47.6 Å². The average Bonchev–Trinajstić information content (AvgIpc) is 2.72. The molecule has 0 aliphatic carbocycles. The van der Waals surface area contributed by atoms with Gasteiger partial charge in [0.2, 0.25) is 0 Å². The van der Waals surface area contributed by atoms with Gasteiger partial charge in [0.15, 0.2) is 0 Å². The van der Waals surface area contributed by atoms with Crippen molar-refractivity contribution in [2.45, 2.75) is 37.8 Å². The van der Waals surface area contributed by atoms with Gasteiger partial charge in [-0.05, 0) is 19.4 Å². The van der Waals surface area contributed by atoms with Crippen molar-refractivity contribution in [1.82, 2.24) is 5.32 Å². The summed E-state index contributed by atoms with van der Waals surface area (Å²) in [5.74, 6) is -0.0746. The minimum absolute atomic E-state index is 0.0576. The summed E-state index contributed by atoms with van der Waals surface area (Å²) in [5.41, 5.74) is 0. The Morgan fingerprint density at radius 1 is 1.29 bits per heavy atom. The number of carbonyl (C=O) groups excluding carboxylic acids is 1. The molecule has 14 heavy (non-hydrogen) atoms. The molecule has 0 amide bonds. The Kier molecular flexibility index (Phi) is 3.37. The van der Waals surface area contributed by atoms with Crippen LogP contribution in [-0.4, -0.2) is 37.9 Å². The monoisotopic (exact) mass is 199 g/mol. The van der Waals surface area contributed by atoms with E-state index in [4.69, 9.17) is 9.47 Å². The number of carbonyl (C=O) groups is 1. The summed E-state index contributed by atoms with van der Waals surface area (Å²) in [6, 6.07) is -0.0576. The number of ether oxygens (including phenoxy) is 2. The molecule has 0 aromatic rings. The van der Waals surface area contributed by atoms with Gasteiger partial charge >= 0.3 is 5.97 Å². The lowest BCUT2D eigenvalue weighted by molar-refractivity contribution is -0.155. The van der Waals surface area contributed by atoms with Crippen molar-refractivity contribution in [2.24, 2.45) is 0 Å². The van der Waals surface area contributed by atoms with Crippen LogP contribution in [0.5, 0.6) is 0 Å². The smallest absolute Gasteiger partial charge is 0.323 e. The molecule has 0 bridgehead atoms. The minimum Gasteiger partial charge on any atom is -0.461 e. The zero-order valence-electron chi connectivity index (χ0n) is 8.33. The highest BCUT2D eigenvalue weighted by atomic mass is 16.6. The molecule has 4 nitrogen and oxygen atoms in total. The van der Waals surface area contributed by atoms with E-state index < -0.39 is 0 Å². The number of nitrogens with one attached hydrogen (secondary N) is 1. The van der Waals surface area contributed by atoms with Crippen LogP contribution >= 0.6 is 0 Å². The number of esters is 1. The van der Waals surface area contributed by atoms with E-state index in [-0.39, 0.29) is 18.1 Å². The Morgan fingerprint density at radius 3 is 2.71 bits per heavy atom. The largest absolute Gasteiger partial charge is 0.461 e. The maximum Gasteiger partial charge on any atom is 0.323 e. The maximum absolute atomic E-state index is 11.6. The molecule has 2 fully saturated rings. The lowest BCUT2D eigenvalue weighted by Gasteiger charge is -2.23. The normalized spacial score (nSPS) is 29.0. The standard InChI is InChI=1S/C10H17NO3/c12-10(9-2-1-5-11-9)14-8-3-6-13-7-4-8/h8-9,11H,1-7H2/t9-/m0/s1. The Bertz CT molecular complexity index is 196. The molecule has 2 saturated heterocycles. The van der Waals surface area contributed by atoms with Crippen LogP contribution < -0.4 is 5.32 Å². The second kappa shape index (κ2) is 4.75. The van der Waals surface area contributed by atoms with Crippen LogP contribution in [0, 0.1) is 0 Å². The van der Waals surface area contributed by atoms with Crippen molar-refractivity contribution in [3.63, 3.8) is 0 Å². The summed E-state index contributed by atoms with van der Waals surface area (Å²) in [6.45, 7) is 2.37. The van der Waals surface area contributed by atoms with E-state index in [1.807, 2.05) is 0 Å². The lowest BCUT2D eigenvalue weighted by Crippen LogP contribution is -2.36. The number of hydrogen-bond donors (Lipinski definition) is 1. The van der Waals surface area contributed by atoms with Gasteiger partial charge in [-0.2, -0.15) is 0 Å². The lowest BCUT2D eigenvalue weighted by atomic mass is 10.1. The molecular formula is C10H17NO3. The van der Waals surface area contributed by atoms with Gasteiger partial charge in [-0.25, -0.2) is 0 Å². The van der Waals surface area contributed by atoms with Crippen LogP contribution in [0.2, 0.25) is 0 Å². The van der Waals surface area contributed by atoms with E-state index in [0.717, 1.165) is 45.4 Å². The van der Waals surface area contributed by atoms with Gasteiger partial charge < -0.3 is 14.8 Å². The molecule has 4 heteroatoms. The second-order valence-corrected chi connectivity index (χ2v) is 3.90. The van der Waals surface area contributed by atoms with Crippen molar-refractivity contribution in [3.05, 3.63) is 0 Å². The molecule has 80 valence electrons. The van der Waals surface area contributed by atoms with Gasteiger partial charge in [0, 0.05) is 12.8 Å². The molecule has 2 aliphatic heterocycles. The highest BCUT2D eigenvalue weighted by molar-refractivity contribution is 5.76. The molecule has 2 aliphatic rings. The van der Waals surface area contributed by atoms with E-state index in [1.165, 1.54) is 0 Å². The Balaban J connectivity index is 1.75. The molecular weight excluding hydrogens is 182 g/mol. The van der Waals surface area contributed by atoms with Gasteiger partial charge in [0.25, 0.3) is 0 Å². The Labute approximate surface area is 84.0 Å². The Hall–Kier alpha value is -0.610. The molecule has 0 aromatic heterocycles. The summed E-state index contributed by atoms with van der Waals surface area (Å²) in [7, 11) is 0. The van der Waals surface area contributed by atoms with Crippen molar-refractivity contribution in [1.29, 1.82) is 0 Å². The summed E-state index contributed by atoms with van der Waals surface area (Å²) < 4.78 is 10.6. The van der Waals surface area contributed by atoms with Crippen LogP contribution in [0.25, 0.3) is 0 Å². The molecule has 0 saturated carbocycles. The zero-order chi connectivity index (χ0) is 9.80. The van der Waals surface area contributed by atoms with Gasteiger partial charge in [0.1, 0.15) is 12.1 Å². The van der Waals surface area contributed by atoms with Crippen molar-refractivity contribution >= 4 is 5.97 Å². The molecule has 2 rings (SSSR count). The number of hydrogen-bond acceptors (Lipinski definition) is 4. The third-order valence-electron chi connectivity index (χ3n) is 2.80. The third-order valence-corrected chi connectivity index (χ3v) is 2.80. The molecule has 0 spiro atoms. The molecule has 0 radical (unpaired) electrons. The first-order valence-corrected chi connectivity index (χ1v) is 5.38. The highest BCUT2D eigenvalue weighted by Gasteiger charge is 2.26. The predicted molar refractivity (Wildman–Crippen MR) is 51.0 cm³/mol. The summed E-state index contributed by atoms with van der Waals surface area (Å²) >= 11 is 0. The first-order valence-electron chi connectivity index (χ1n) is 5.38. The third kappa shape index (κ3) is 2.45. The second-order valence-electron chi connectivity index (χ2n) is 3.90. The van der Waals surface area contributed by atoms with Crippen LogP contribution in [0.15, 0.2) is 0 Å². The fourth-order valence-corrected chi connectivity index (χ4v) is 1.93. The van der Waals surface area contributed by atoms with Crippen molar-refractivity contribution < 1.29 is 14.3 Å². The first-order chi connectivity index (χ1) is 6.86. The summed E-state index contributed by atoms with van der Waals surface area (Å²) in [4.78, 5) is 11.6. The van der Waals surface area contributed by atoms with Gasteiger partial charge in [-0.1, -0.05) is 0 Å². The van der Waals surface area contributed by atoms with E-state index in [9.17, 15) is 4.79 Å². The highest BCUT2D eigenvalue weighted by Crippen LogP contribution is 2.14. The predicted octanol–water partition coefficient (Wildman–Crippen LogP) is 0.461. The SMILES string of the molecule is O=C(OC1CCOCC1)[C@@H]1CCCN1. The van der Waals surface area contributed by atoms with Crippen molar-refractivity contribution in [3.8, 4) is 0 Å². The van der Waals surface area contributed by atoms with E-state index in [0.29, 0.717) is 0 Å². The van der Waals surface area contributed by atoms with E-state index in [2.05, 4.69) is 5.32 Å². The molecule has 0 unspecified atom stereocenters. The van der Waals surface area contributed by atoms with E-state index >= 15 is 0 Å². The first kappa shape index (κ1) is 9.93. The molecule has 1 N–H and O–H groups in total. The minimum atomic E-state index is -0.0746. The van der Waals surface area contributed by atoms with Gasteiger partial charge in [-0.15, -0.1) is 0 Å². The van der Waals surface area contributed by atoms with Crippen LogP contribution in [-0.2, 0) is 14.3 Å². The molecule has 0 aromatic carbocycles. The fourth-order valence-electron chi connectivity index (χ4n) is 1.93. The van der Waals surface area contributed by atoms with Crippen LogP contribution in [0.4, 0.5) is 0 Å². The van der Waals surface area contributed by atoms with Crippen LogP contribution in [0.1, 0.15) is 25.7 Å². The van der Waals surface area contributed by atoms with Gasteiger partial charge in [-0.3, -0.25) is 4.79 Å². The van der Waals surface area contributed by atoms with Crippen LogP contribution in [0.3, 0.4) is 0 Å². The number of rotatable bonds is 2. The maximum atomic E-state index is 11.6.